The van der Waals surface area contributed by atoms with Gasteiger partial charge in [0, 0.05) is 5.92 Å². The van der Waals surface area contributed by atoms with Crippen LogP contribution in [0.3, 0.4) is 0 Å². The molecule has 0 heteroatoms. The number of rotatable bonds is 5. The molecule has 0 heterocycles. The predicted molar refractivity (Wildman–Crippen MR) is 114 cm³/mol. The summed E-state index contributed by atoms with van der Waals surface area (Å²) >= 11 is 0. The lowest BCUT2D eigenvalue weighted by molar-refractivity contribution is 0.486. The highest BCUT2D eigenvalue weighted by atomic mass is 14.2. The minimum atomic E-state index is 0.431. The molecule has 0 N–H and O–H groups in total. The molecule has 0 saturated heterocycles. The van der Waals surface area contributed by atoms with Crippen LogP contribution in [0.2, 0.25) is 0 Å². The zero-order valence-corrected chi connectivity index (χ0v) is 15.7. The van der Waals surface area contributed by atoms with Gasteiger partial charge in [0.25, 0.3) is 0 Å². The second-order valence-electron chi connectivity index (χ2n) is 7.44. The van der Waals surface area contributed by atoms with Gasteiger partial charge in [0.2, 0.25) is 0 Å². The lowest BCUT2D eigenvalue weighted by Gasteiger charge is -2.24. The van der Waals surface area contributed by atoms with Crippen molar-refractivity contribution >= 4 is 21.5 Å². The smallest absolute Gasteiger partial charge is 0.00982 e. The molecule has 2 atom stereocenters. The van der Waals surface area contributed by atoms with Crippen LogP contribution >= 0.6 is 0 Å². The first-order valence-corrected chi connectivity index (χ1v) is 9.73. The van der Waals surface area contributed by atoms with E-state index in [1.807, 2.05) is 0 Å². The van der Waals surface area contributed by atoms with Crippen molar-refractivity contribution in [3.05, 3.63) is 96.1 Å². The van der Waals surface area contributed by atoms with Crippen LogP contribution in [0.1, 0.15) is 43.7 Å². The fourth-order valence-corrected chi connectivity index (χ4v) is 4.07. The Morgan fingerprint density at radius 3 is 2.04 bits per heavy atom. The molecule has 0 aliphatic heterocycles. The van der Waals surface area contributed by atoms with Crippen molar-refractivity contribution < 1.29 is 0 Å². The quantitative estimate of drug-likeness (QED) is 0.329. The van der Waals surface area contributed by atoms with Crippen molar-refractivity contribution in [1.82, 2.24) is 0 Å². The number of hydrogen-bond acceptors (Lipinski definition) is 0. The minimum Gasteiger partial charge on any atom is -0.0651 e. The normalized spacial score (nSPS) is 13.8. The molecule has 2 unspecified atom stereocenters. The number of fused-ring (bicyclic) bond motifs is 3. The maximum absolute atomic E-state index is 2.43. The number of hydrogen-bond donors (Lipinski definition) is 0. The summed E-state index contributed by atoms with van der Waals surface area (Å²) in [6.45, 7) is 4.67. The Bertz CT molecular complexity index is 1010. The SMILES string of the molecule is CCC(C)CC(c1ccccc1)c1cc2ccccc2c2ccccc12. The molecule has 0 spiro atoms. The molecule has 0 aliphatic carbocycles. The molecule has 0 aromatic heterocycles. The Morgan fingerprint density at radius 1 is 0.692 bits per heavy atom. The predicted octanol–water partition coefficient (Wildman–Crippen LogP) is 7.56. The third-order valence-corrected chi connectivity index (χ3v) is 5.71. The summed E-state index contributed by atoms with van der Waals surface area (Å²) in [5.41, 5.74) is 2.89. The van der Waals surface area contributed by atoms with E-state index >= 15 is 0 Å². The lowest BCUT2D eigenvalue weighted by atomic mass is 9.80. The van der Waals surface area contributed by atoms with Gasteiger partial charge in [0.1, 0.15) is 0 Å². The topological polar surface area (TPSA) is 0 Å². The van der Waals surface area contributed by atoms with E-state index in [9.17, 15) is 0 Å². The van der Waals surface area contributed by atoms with Gasteiger partial charge >= 0.3 is 0 Å². The monoisotopic (exact) mass is 338 g/mol. The maximum atomic E-state index is 2.43. The first-order valence-electron chi connectivity index (χ1n) is 9.73. The third kappa shape index (κ3) is 3.12. The van der Waals surface area contributed by atoms with Crippen LogP contribution in [0.15, 0.2) is 84.9 Å². The minimum absolute atomic E-state index is 0.431. The summed E-state index contributed by atoms with van der Waals surface area (Å²) in [6.07, 6.45) is 2.40. The molecule has 0 fully saturated rings. The zero-order valence-electron chi connectivity index (χ0n) is 15.7. The largest absolute Gasteiger partial charge is 0.0651 e. The fourth-order valence-electron chi connectivity index (χ4n) is 4.07. The molecule has 26 heavy (non-hydrogen) atoms. The molecule has 4 rings (SSSR count). The fraction of sp³-hybridized carbons (Fsp3) is 0.231. The van der Waals surface area contributed by atoms with Gasteiger partial charge in [-0.15, -0.1) is 0 Å². The van der Waals surface area contributed by atoms with E-state index in [-0.39, 0.29) is 0 Å². The van der Waals surface area contributed by atoms with Gasteiger partial charge in [-0.1, -0.05) is 99.1 Å². The Hall–Kier alpha value is -2.60. The molecular weight excluding hydrogens is 312 g/mol. The van der Waals surface area contributed by atoms with Gasteiger partial charge in [-0.3, -0.25) is 0 Å². The lowest BCUT2D eigenvalue weighted by Crippen LogP contribution is -2.07. The van der Waals surface area contributed by atoms with Crippen molar-refractivity contribution in [3.8, 4) is 0 Å². The van der Waals surface area contributed by atoms with Crippen LogP contribution in [0.4, 0.5) is 0 Å². The van der Waals surface area contributed by atoms with E-state index in [4.69, 9.17) is 0 Å². The molecule has 0 nitrogen and oxygen atoms in total. The van der Waals surface area contributed by atoms with Crippen LogP contribution in [-0.2, 0) is 0 Å². The van der Waals surface area contributed by atoms with Gasteiger partial charge in [0.15, 0.2) is 0 Å². The first-order chi connectivity index (χ1) is 12.8. The molecule has 0 bridgehead atoms. The summed E-state index contributed by atoms with van der Waals surface area (Å²) in [5, 5.41) is 5.45. The van der Waals surface area contributed by atoms with Gasteiger partial charge in [-0.2, -0.15) is 0 Å². The van der Waals surface area contributed by atoms with E-state index in [0.717, 1.165) is 0 Å². The molecule has 0 aliphatic rings. The standard InChI is InChI=1S/C26H26/c1-3-19(2)17-25(20-11-5-4-6-12-20)26-18-21-13-7-8-14-22(21)23-15-9-10-16-24(23)26/h4-16,18-19,25H,3,17H2,1-2H3. The van der Waals surface area contributed by atoms with Crippen molar-refractivity contribution in [2.75, 3.05) is 0 Å². The molecule has 4 aromatic rings. The third-order valence-electron chi connectivity index (χ3n) is 5.71. The zero-order chi connectivity index (χ0) is 17.9. The van der Waals surface area contributed by atoms with Crippen molar-refractivity contribution in [1.29, 1.82) is 0 Å². The van der Waals surface area contributed by atoms with Crippen LogP contribution < -0.4 is 0 Å². The van der Waals surface area contributed by atoms with Gasteiger partial charge < -0.3 is 0 Å². The van der Waals surface area contributed by atoms with Gasteiger partial charge in [-0.05, 0) is 51.1 Å². The number of benzene rings is 4. The Balaban J connectivity index is 1.98. The van der Waals surface area contributed by atoms with Crippen LogP contribution in [0, 0.1) is 5.92 Å². The summed E-state index contributed by atoms with van der Waals surface area (Å²) < 4.78 is 0. The molecule has 0 saturated carbocycles. The van der Waals surface area contributed by atoms with Gasteiger partial charge in [0.05, 0.1) is 0 Å². The van der Waals surface area contributed by atoms with E-state index in [1.54, 1.807) is 0 Å². The highest BCUT2D eigenvalue weighted by Crippen LogP contribution is 2.39. The van der Waals surface area contributed by atoms with E-state index in [0.29, 0.717) is 11.8 Å². The summed E-state index contributed by atoms with van der Waals surface area (Å²) in [5.74, 6) is 1.13. The highest BCUT2D eigenvalue weighted by molar-refractivity contribution is 6.09. The summed E-state index contributed by atoms with van der Waals surface area (Å²) in [7, 11) is 0. The second kappa shape index (κ2) is 7.33. The van der Waals surface area contributed by atoms with Crippen molar-refractivity contribution in [3.63, 3.8) is 0 Å². The maximum Gasteiger partial charge on any atom is 0.00982 e. The molecule has 0 amide bonds. The molecule has 130 valence electrons. The summed E-state index contributed by atoms with van der Waals surface area (Å²) in [6, 6.07) is 31.1. The van der Waals surface area contributed by atoms with E-state index < -0.39 is 0 Å². The molecule has 4 aromatic carbocycles. The van der Waals surface area contributed by atoms with Crippen molar-refractivity contribution in [2.45, 2.75) is 32.6 Å². The Kier molecular flexibility index (Phi) is 4.75. The molecular formula is C26H26. The Morgan fingerprint density at radius 2 is 1.31 bits per heavy atom. The first kappa shape index (κ1) is 16.8. The van der Waals surface area contributed by atoms with E-state index in [1.165, 1.54) is 45.5 Å². The average molecular weight is 338 g/mol. The van der Waals surface area contributed by atoms with E-state index in [2.05, 4.69) is 98.8 Å². The Labute approximate surface area is 156 Å². The highest BCUT2D eigenvalue weighted by Gasteiger charge is 2.20. The molecule has 0 radical (unpaired) electrons. The van der Waals surface area contributed by atoms with Crippen LogP contribution in [-0.4, -0.2) is 0 Å². The van der Waals surface area contributed by atoms with Crippen LogP contribution in [0.25, 0.3) is 21.5 Å². The van der Waals surface area contributed by atoms with Crippen LogP contribution in [0.5, 0.6) is 0 Å². The van der Waals surface area contributed by atoms with Crippen molar-refractivity contribution in [2.24, 2.45) is 5.92 Å². The van der Waals surface area contributed by atoms with Gasteiger partial charge in [-0.25, -0.2) is 0 Å². The summed E-state index contributed by atoms with van der Waals surface area (Å²) in [4.78, 5) is 0. The second-order valence-corrected chi connectivity index (χ2v) is 7.44. The average Bonchev–Trinajstić information content (AvgIpc) is 2.72.